The smallest absolute Gasteiger partial charge is 0.237 e. The second-order valence-corrected chi connectivity index (χ2v) is 2.71. The summed E-state index contributed by atoms with van der Waals surface area (Å²) in [5.74, 6) is 0. The number of hydrazine groups is 2. The van der Waals surface area contributed by atoms with Crippen molar-refractivity contribution >= 4 is 6.03 Å². The van der Waals surface area contributed by atoms with Crippen LogP contribution in [0.25, 0.3) is 0 Å². The molecular formula is C5H8N4O5. The number of nitro groups is 2. The van der Waals surface area contributed by atoms with Gasteiger partial charge in [-0.05, 0) is 22.9 Å². The zero-order valence-corrected chi connectivity index (χ0v) is 7.16. The molecule has 2 amide bonds. The lowest BCUT2D eigenvalue weighted by Gasteiger charge is -2.11. The lowest BCUT2D eigenvalue weighted by Crippen LogP contribution is -2.47. The van der Waals surface area contributed by atoms with Crippen molar-refractivity contribution in [3.05, 3.63) is 20.2 Å². The molecule has 1 aliphatic heterocycles. The first-order chi connectivity index (χ1) is 6.54. The van der Waals surface area contributed by atoms with Crippen molar-refractivity contribution < 1.29 is 14.9 Å². The number of carbonyl (C=O) groups is 1. The van der Waals surface area contributed by atoms with E-state index < -0.39 is 16.1 Å². The van der Waals surface area contributed by atoms with Crippen LogP contribution in [0.5, 0.6) is 0 Å². The number of hydrogen-bond donors (Lipinski definition) is 0. The largest absolute Gasteiger partial charge is 0.435 e. The predicted octanol–water partition coefficient (Wildman–Crippen LogP) is -0.112. The Bertz CT molecular complexity index is 253. The van der Waals surface area contributed by atoms with E-state index in [9.17, 15) is 25.0 Å². The van der Waals surface area contributed by atoms with Crippen molar-refractivity contribution in [1.82, 2.24) is 10.0 Å². The van der Waals surface area contributed by atoms with Gasteiger partial charge < -0.3 is 0 Å². The molecule has 1 aliphatic rings. The summed E-state index contributed by atoms with van der Waals surface area (Å²) in [6, 6.07) is -1.18. The Morgan fingerprint density at radius 1 is 1.00 bits per heavy atom. The first kappa shape index (κ1) is 10.2. The molecule has 0 unspecified atom stereocenters. The molecule has 0 spiro atoms. The van der Waals surface area contributed by atoms with Gasteiger partial charge in [0.25, 0.3) is 0 Å². The van der Waals surface area contributed by atoms with Crippen LogP contribution in [0.1, 0.15) is 12.8 Å². The molecule has 1 saturated heterocycles. The Kier molecular flexibility index (Phi) is 2.79. The standard InChI is InChI=1S/C5H8N4O5/c10-5-6(8(11)12)3-1-2-4-7(5)9(13)14/h1-4H2. The predicted molar refractivity (Wildman–Crippen MR) is 42.0 cm³/mol. The van der Waals surface area contributed by atoms with E-state index in [1.165, 1.54) is 0 Å². The summed E-state index contributed by atoms with van der Waals surface area (Å²) in [7, 11) is 0. The maximum atomic E-state index is 11.2. The zero-order valence-electron chi connectivity index (χ0n) is 7.16. The number of amides is 2. The SMILES string of the molecule is O=C1N([N+](=O)[O-])CCCCN1[N+](=O)[O-]. The van der Waals surface area contributed by atoms with E-state index in [0.29, 0.717) is 12.8 Å². The molecule has 1 heterocycles. The number of nitrogens with zero attached hydrogens (tertiary/aromatic N) is 4. The van der Waals surface area contributed by atoms with Gasteiger partial charge >= 0.3 is 6.03 Å². The fourth-order valence-electron chi connectivity index (χ4n) is 1.15. The highest BCUT2D eigenvalue weighted by Crippen LogP contribution is 2.09. The van der Waals surface area contributed by atoms with Gasteiger partial charge in [-0.2, -0.15) is 0 Å². The van der Waals surface area contributed by atoms with Crippen molar-refractivity contribution in [2.24, 2.45) is 0 Å². The lowest BCUT2D eigenvalue weighted by atomic mass is 10.3. The Balaban J connectivity index is 2.84. The average Bonchev–Trinajstić information content (AvgIpc) is 2.26. The van der Waals surface area contributed by atoms with E-state index >= 15 is 0 Å². The fourth-order valence-corrected chi connectivity index (χ4v) is 1.15. The van der Waals surface area contributed by atoms with Gasteiger partial charge in [-0.1, -0.05) is 0 Å². The van der Waals surface area contributed by atoms with Crippen LogP contribution in [0.4, 0.5) is 4.79 Å². The van der Waals surface area contributed by atoms with E-state index in [2.05, 4.69) is 0 Å². The van der Waals surface area contributed by atoms with E-state index in [-0.39, 0.29) is 23.1 Å². The van der Waals surface area contributed by atoms with E-state index in [0.717, 1.165) is 0 Å². The highest BCUT2D eigenvalue weighted by Gasteiger charge is 2.38. The molecule has 0 N–H and O–H groups in total. The Morgan fingerprint density at radius 3 is 1.64 bits per heavy atom. The van der Waals surface area contributed by atoms with Crippen molar-refractivity contribution in [1.29, 1.82) is 0 Å². The highest BCUT2D eigenvalue weighted by molar-refractivity contribution is 5.71. The summed E-state index contributed by atoms with van der Waals surface area (Å²) in [6.45, 7) is -0.174. The topological polar surface area (TPSA) is 110 Å². The Hall–Kier alpha value is -1.93. The minimum Gasteiger partial charge on any atom is -0.237 e. The maximum Gasteiger partial charge on any atom is 0.435 e. The minimum absolute atomic E-state index is 0.0871. The quantitative estimate of drug-likeness (QED) is 0.460. The van der Waals surface area contributed by atoms with E-state index in [1.54, 1.807) is 0 Å². The second-order valence-electron chi connectivity index (χ2n) is 2.71. The second kappa shape index (κ2) is 3.85. The summed E-state index contributed by atoms with van der Waals surface area (Å²) < 4.78 is 0. The molecule has 78 valence electrons. The van der Waals surface area contributed by atoms with Gasteiger partial charge in [-0.25, -0.2) is 25.0 Å². The van der Waals surface area contributed by atoms with Crippen molar-refractivity contribution in [3.8, 4) is 0 Å². The fraction of sp³-hybridized carbons (Fsp3) is 0.800. The monoisotopic (exact) mass is 204 g/mol. The van der Waals surface area contributed by atoms with Crippen LogP contribution in [-0.4, -0.2) is 39.2 Å². The van der Waals surface area contributed by atoms with Gasteiger partial charge in [-0.3, -0.25) is 0 Å². The van der Waals surface area contributed by atoms with Crippen molar-refractivity contribution in [3.63, 3.8) is 0 Å². The van der Waals surface area contributed by atoms with E-state index in [4.69, 9.17) is 0 Å². The van der Waals surface area contributed by atoms with Crippen LogP contribution < -0.4 is 0 Å². The molecule has 1 rings (SSSR count). The summed E-state index contributed by atoms with van der Waals surface area (Å²) in [6.07, 6.45) is 0.772. The molecule has 9 nitrogen and oxygen atoms in total. The van der Waals surface area contributed by atoms with Crippen LogP contribution in [0, 0.1) is 20.2 Å². The first-order valence-corrected chi connectivity index (χ1v) is 3.91. The molecule has 9 heteroatoms. The molecule has 0 aliphatic carbocycles. The van der Waals surface area contributed by atoms with Gasteiger partial charge in [0.15, 0.2) is 10.1 Å². The maximum absolute atomic E-state index is 11.2. The van der Waals surface area contributed by atoms with Gasteiger partial charge in [0.05, 0.1) is 13.1 Å². The van der Waals surface area contributed by atoms with Gasteiger partial charge in [0.2, 0.25) is 0 Å². The Morgan fingerprint density at radius 2 is 1.36 bits per heavy atom. The summed E-state index contributed by atoms with van der Waals surface area (Å²) in [4.78, 5) is 31.9. The summed E-state index contributed by atoms with van der Waals surface area (Å²) >= 11 is 0. The van der Waals surface area contributed by atoms with Crippen LogP contribution in [0.15, 0.2) is 0 Å². The van der Waals surface area contributed by atoms with Crippen LogP contribution >= 0.6 is 0 Å². The van der Waals surface area contributed by atoms with Gasteiger partial charge in [-0.15, -0.1) is 0 Å². The van der Waals surface area contributed by atoms with Gasteiger partial charge in [0.1, 0.15) is 0 Å². The van der Waals surface area contributed by atoms with Crippen LogP contribution in [0.3, 0.4) is 0 Å². The number of urea groups is 1. The molecule has 0 radical (unpaired) electrons. The first-order valence-electron chi connectivity index (χ1n) is 3.91. The number of hydrogen-bond acceptors (Lipinski definition) is 5. The summed E-state index contributed by atoms with van der Waals surface area (Å²) in [5, 5.41) is 19.4. The van der Waals surface area contributed by atoms with Crippen molar-refractivity contribution in [2.45, 2.75) is 12.8 Å². The third kappa shape index (κ3) is 1.87. The third-order valence-electron chi connectivity index (χ3n) is 1.83. The van der Waals surface area contributed by atoms with Crippen molar-refractivity contribution in [2.75, 3.05) is 13.1 Å². The van der Waals surface area contributed by atoms with Gasteiger partial charge in [0, 0.05) is 0 Å². The Labute approximate surface area is 78.1 Å². The minimum atomic E-state index is -1.18. The molecule has 0 atom stereocenters. The molecule has 1 fully saturated rings. The lowest BCUT2D eigenvalue weighted by molar-refractivity contribution is -0.665. The number of carbonyl (C=O) groups excluding carboxylic acids is 1. The van der Waals surface area contributed by atoms with E-state index in [1.807, 2.05) is 0 Å². The molecule has 0 bridgehead atoms. The average molecular weight is 204 g/mol. The van der Waals surface area contributed by atoms with Crippen LogP contribution in [0.2, 0.25) is 0 Å². The zero-order chi connectivity index (χ0) is 10.7. The molecule has 14 heavy (non-hydrogen) atoms. The molecule has 0 saturated carbocycles. The third-order valence-corrected chi connectivity index (χ3v) is 1.83. The molecule has 0 aromatic heterocycles. The molecule has 0 aromatic rings. The summed E-state index contributed by atoms with van der Waals surface area (Å²) in [5.41, 5.74) is 0. The number of rotatable bonds is 2. The normalized spacial score (nSPS) is 17.9. The molecular weight excluding hydrogens is 196 g/mol. The highest BCUT2D eigenvalue weighted by atomic mass is 16.7. The van der Waals surface area contributed by atoms with Crippen LogP contribution in [-0.2, 0) is 0 Å². The molecule has 0 aromatic carbocycles.